The Bertz CT molecular complexity index is 97.7. The van der Waals surface area contributed by atoms with Crippen LogP contribution in [0.15, 0.2) is 0 Å². The minimum absolute atomic E-state index is 0. The summed E-state index contributed by atoms with van der Waals surface area (Å²) in [6, 6.07) is 0. The normalized spacial score (nSPS) is 29.5. The van der Waals surface area contributed by atoms with Crippen LogP contribution in [0.2, 0.25) is 0 Å². The minimum Gasteiger partial charge on any atom is -0.665 e. The summed E-state index contributed by atoms with van der Waals surface area (Å²) in [6.07, 6.45) is 2.85. The van der Waals surface area contributed by atoms with Gasteiger partial charge in [-0.2, -0.15) is 7.05 Å². The zero-order valence-electron chi connectivity index (χ0n) is 8.30. The third kappa shape index (κ3) is 3.99. The summed E-state index contributed by atoms with van der Waals surface area (Å²) >= 11 is 0. The van der Waals surface area contributed by atoms with Gasteiger partial charge in [0.25, 0.3) is 0 Å². The molecule has 0 radical (unpaired) electrons. The van der Waals surface area contributed by atoms with Crippen molar-refractivity contribution in [3.05, 3.63) is 5.32 Å². The van der Waals surface area contributed by atoms with Gasteiger partial charge >= 0.3 is 58.2 Å². The van der Waals surface area contributed by atoms with Crippen LogP contribution in [0.4, 0.5) is 0 Å². The summed E-state index contributed by atoms with van der Waals surface area (Å²) in [7, 11) is 1.92. The van der Waals surface area contributed by atoms with E-state index in [0.29, 0.717) is 0 Å². The molecular formula is C9H18NRb. The Labute approximate surface area is 119 Å². The van der Waals surface area contributed by atoms with E-state index in [0.717, 1.165) is 24.3 Å². The molecular weight excluding hydrogens is 208 g/mol. The smallest absolute Gasteiger partial charge is 0.665 e. The van der Waals surface area contributed by atoms with E-state index in [1.54, 1.807) is 0 Å². The molecule has 2 heteroatoms. The Morgan fingerprint density at radius 3 is 2.27 bits per heavy atom. The summed E-state index contributed by atoms with van der Waals surface area (Å²) < 4.78 is 0. The van der Waals surface area contributed by atoms with Crippen molar-refractivity contribution in [2.75, 3.05) is 13.6 Å². The molecule has 0 aromatic rings. The Morgan fingerprint density at radius 1 is 1.36 bits per heavy atom. The fourth-order valence-corrected chi connectivity index (χ4v) is 1.74. The Balaban J connectivity index is 0.000001000. The number of nitrogens with zero attached hydrogens (tertiary/aromatic N) is 1. The molecule has 0 aromatic heterocycles. The largest absolute Gasteiger partial charge is 1.00 e. The minimum atomic E-state index is 0. The second-order valence-electron chi connectivity index (χ2n) is 3.84. The number of rotatable bonds is 3. The molecule has 0 spiro atoms. The van der Waals surface area contributed by atoms with Crippen molar-refractivity contribution < 1.29 is 58.2 Å². The quantitative estimate of drug-likeness (QED) is 0.625. The van der Waals surface area contributed by atoms with Gasteiger partial charge in [0, 0.05) is 0 Å². The van der Waals surface area contributed by atoms with Gasteiger partial charge in [0.05, 0.1) is 0 Å². The zero-order chi connectivity index (χ0) is 7.56. The van der Waals surface area contributed by atoms with Crippen LogP contribution in [-0.2, 0) is 0 Å². The van der Waals surface area contributed by atoms with Gasteiger partial charge in [-0.15, -0.1) is 6.54 Å². The molecule has 1 rings (SSSR count). The third-order valence-corrected chi connectivity index (χ3v) is 2.66. The zero-order valence-corrected chi connectivity index (χ0v) is 13.2. The van der Waals surface area contributed by atoms with Crippen molar-refractivity contribution in [3.8, 4) is 0 Å². The van der Waals surface area contributed by atoms with E-state index >= 15 is 0 Å². The van der Waals surface area contributed by atoms with E-state index in [-0.39, 0.29) is 58.2 Å². The summed E-state index contributed by atoms with van der Waals surface area (Å²) in [6.45, 7) is 5.75. The van der Waals surface area contributed by atoms with Gasteiger partial charge < -0.3 is 5.32 Å². The molecule has 1 saturated carbocycles. The SMILES string of the molecule is C[N-]CC1CC(C(C)C)C1.[Rb+]. The molecule has 0 N–H and O–H groups in total. The molecule has 0 bridgehead atoms. The van der Waals surface area contributed by atoms with Gasteiger partial charge in [-0.25, -0.2) is 0 Å². The van der Waals surface area contributed by atoms with Crippen molar-refractivity contribution >= 4 is 0 Å². The van der Waals surface area contributed by atoms with Crippen LogP contribution in [0, 0.1) is 17.8 Å². The molecule has 0 unspecified atom stereocenters. The monoisotopic (exact) mass is 225 g/mol. The summed E-state index contributed by atoms with van der Waals surface area (Å²) in [5, 5.41) is 4.15. The van der Waals surface area contributed by atoms with Gasteiger partial charge in [0.15, 0.2) is 0 Å². The molecule has 0 aromatic carbocycles. The average Bonchev–Trinajstić information content (AvgIpc) is 1.76. The first kappa shape index (κ1) is 12.8. The van der Waals surface area contributed by atoms with Crippen LogP contribution in [0.3, 0.4) is 0 Å². The van der Waals surface area contributed by atoms with E-state index in [2.05, 4.69) is 19.2 Å². The predicted molar refractivity (Wildman–Crippen MR) is 45.2 cm³/mol. The van der Waals surface area contributed by atoms with Crippen LogP contribution in [0.1, 0.15) is 26.7 Å². The molecule has 0 atom stereocenters. The van der Waals surface area contributed by atoms with Gasteiger partial charge in [0.1, 0.15) is 0 Å². The molecule has 1 aliphatic carbocycles. The molecule has 1 aliphatic rings. The van der Waals surface area contributed by atoms with Gasteiger partial charge in [-0.3, -0.25) is 0 Å². The van der Waals surface area contributed by atoms with Crippen LogP contribution in [0.5, 0.6) is 0 Å². The Hall–Kier alpha value is 1.77. The maximum absolute atomic E-state index is 4.15. The summed E-state index contributed by atoms with van der Waals surface area (Å²) in [5.41, 5.74) is 0. The maximum Gasteiger partial charge on any atom is 1.00 e. The molecule has 0 heterocycles. The van der Waals surface area contributed by atoms with E-state index in [1.807, 2.05) is 7.05 Å². The second kappa shape index (κ2) is 6.25. The van der Waals surface area contributed by atoms with Crippen molar-refractivity contribution in [2.24, 2.45) is 17.8 Å². The number of hydrogen-bond donors (Lipinski definition) is 0. The molecule has 0 aliphatic heterocycles. The van der Waals surface area contributed by atoms with Crippen molar-refractivity contribution in [1.29, 1.82) is 0 Å². The standard InChI is InChI=1S/C9H18N.Rb/c1-7(2)9-4-8(5-9)6-10-3;/h7-9H,4-6H2,1-3H3;/q-1;+1. The third-order valence-electron chi connectivity index (χ3n) is 2.66. The first-order valence-corrected chi connectivity index (χ1v) is 4.29. The Kier molecular flexibility index (Phi) is 7.26. The first-order valence-electron chi connectivity index (χ1n) is 4.29. The predicted octanol–water partition coefficient (Wildman–Crippen LogP) is -0.324. The fraction of sp³-hybridized carbons (Fsp3) is 1.00. The summed E-state index contributed by atoms with van der Waals surface area (Å²) in [5.74, 6) is 2.83. The second-order valence-corrected chi connectivity index (χ2v) is 3.84. The average molecular weight is 226 g/mol. The van der Waals surface area contributed by atoms with Crippen LogP contribution in [0.25, 0.3) is 5.32 Å². The van der Waals surface area contributed by atoms with Crippen LogP contribution >= 0.6 is 0 Å². The molecule has 0 saturated heterocycles. The topological polar surface area (TPSA) is 14.1 Å². The number of hydrogen-bond acceptors (Lipinski definition) is 0. The first-order chi connectivity index (χ1) is 4.74. The van der Waals surface area contributed by atoms with E-state index in [4.69, 9.17) is 0 Å². The molecule has 1 nitrogen and oxygen atoms in total. The van der Waals surface area contributed by atoms with E-state index in [1.165, 1.54) is 12.8 Å². The van der Waals surface area contributed by atoms with E-state index in [9.17, 15) is 0 Å². The maximum atomic E-state index is 4.15. The van der Waals surface area contributed by atoms with Crippen molar-refractivity contribution in [1.82, 2.24) is 0 Å². The van der Waals surface area contributed by atoms with Crippen LogP contribution < -0.4 is 58.2 Å². The van der Waals surface area contributed by atoms with Crippen LogP contribution in [-0.4, -0.2) is 13.6 Å². The molecule has 0 amide bonds. The fourth-order valence-electron chi connectivity index (χ4n) is 1.74. The van der Waals surface area contributed by atoms with Crippen molar-refractivity contribution in [3.63, 3.8) is 0 Å². The Morgan fingerprint density at radius 2 is 1.91 bits per heavy atom. The van der Waals surface area contributed by atoms with Gasteiger partial charge in [-0.1, -0.05) is 19.8 Å². The van der Waals surface area contributed by atoms with Gasteiger partial charge in [-0.05, 0) is 24.7 Å². The van der Waals surface area contributed by atoms with Gasteiger partial charge in [0.2, 0.25) is 0 Å². The molecule has 1 fully saturated rings. The van der Waals surface area contributed by atoms with E-state index < -0.39 is 0 Å². The molecule has 60 valence electrons. The summed E-state index contributed by atoms with van der Waals surface area (Å²) in [4.78, 5) is 0. The van der Waals surface area contributed by atoms with Crippen molar-refractivity contribution in [2.45, 2.75) is 26.7 Å². The molecule has 11 heavy (non-hydrogen) atoms.